The molecular weight excluding hydrogens is 581 g/mol. The highest BCUT2D eigenvalue weighted by Gasteiger charge is 2.32. The Morgan fingerprint density at radius 1 is 0.976 bits per heavy atom. The van der Waals surface area contributed by atoms with Gasteiger partial charge in [0.25, 0.3) is 11.2 Å². The van der Waals surface area contributed by atoms with E-state index >= 15 is 0 Å². The van der Waals surface area contributed by atoms with E-state index in [1.54, 1.807) is 34.9 Å². The van der Waals surface area contributed by atoms with Gasteiger partial charge in [-0.05, 0) is 65.9 Å². The molecule has 0 saturated heterocycles. The third-order valence-corrected chi connectivity index (χ3v) is 8.85. The van der Waals surface area contributed by atoms with Gasteiger partial charge in [-0.2, -0.15) is 0 Å². The first-order chi connectivity index (χ1) is 19.9. The molecule has 41 heavy (non-hydrogen) atoms. The third-order valence-electron chi connectivity index (χ3n) is 7.38. The Morgan fingerprint density at radius 3 is 2.56 bits per heavy atom. The molecule has 202 valence electrons. The number of furan rings is 1. The van der Waals surface area contributed by atoms with Crippen molar-refractivity contribution in [2.75, 3.05) is 0 Å². The number of fused-ring (bicyclic) bond motifs is 3. The van der Waals surface area contributed by atoms with Gasteiger partial charge in [-0.15, -0.1) is 0 Å². The van der Waals surface area contributed by atoms with Crippen molar-refractivity contribution in [2.24, 2.45) is 4.99 Å². The SMILES string of the molecule is O=c1/c(=C\c2ccc(-c3ccc(Cl)cc3[N+](=O)[O-])o2)sc2n1[C@H](c1ccc(Cl)cc1)C1=C(N=2)c2ccccc2CC1. The second kappa shape index (κ2) is 9.99. The van der Waals surface area contributed by atoms with Gasteiger partial charge in [-0.25, -0.2) is 4.99 Å². The molecule has 0 fully saturated rings. The van der Waals surface area contributed by atoms with Crippen LogP contribution in [-0.2, 0) is 6.42 Å². The Kier molecular flexibility index (Phi) is 6.27. The average Bonchev–Trinajstić information content (AvgIpc) is 3.56. The molecule has 2 aromatic heterocycles. The molecule has 7 rings (SSSR count). The van der Waals surface area contributed by atoms with Crippen molar-refractivity contribution in [1.82, 2.24) is 4.57 Å². The molecule has 0 radical (unpaired) electrons. The maximum absolute atomic E-state index is 13.9. The average molecular weight is 600 g/mol. The van der Waals surface area contributed by atoms with Gasteiger partial charge in [-0.1, -0.05) is 70.9 Å². The lowest BCUT2D eigenvalue weighted by molar-refractivity contribution is -0.384. The Hall–Kier alpha value is -4.24. The van der Waals surface area contributed by atoms with Crippen LogP contribution in [0.3, 0.4) is 0 Å². The summed E-state index contributed by atoms with van der Waals surface area (Å²) < 4.78 is 8.15. The summed E-state index contributed by atoms with van der Waals surface area (Å²) in [4.78, 5) is 30.6. The highest BCUT2D eigenvalue weighted by atomic mass is 35.5. The van der Waals surface area contributed by atoms with Gasteiger partial charge >= 0.3 is 0 Å². The topological polar surface area (TPSA) is 90.6 Å². The molecule has 3 heterocycles. The number of benzene rings is 3. The van der Waals surface area contributed by atoms with Crippen LogP contribution in [-0.4, -0.2) is 9.49 Å². The van der Waals surface area contributed by atoms with E-state index in [1.165, 1.54) is 23.0 Å². The fourth-order valence-electron chi connectivity index (χ4n) is 5.54. The lowest BCUT2D eigenvalue weighted by atomic mass is 9.83. The summed E-state index contributed by atoms with van der Waals surface area (Å²) in [5.41, 5.74) is 5.25. The van der Waals surface area contributed by atoms with Crippen LogP contribution in [0, 0.1) is 10.1 Å². The zero-order valence-electron chi connectivity index (χ0n) is 21.2. The van der Waals surface area contributed by atoms with Crippen molar-refractivity contribution < 1.29 is 9.34 Å². The number of thiazole rings is 1. The van der Waals surface area contributed by atoms with Crippen molar-refractivity contribution in [1.29, 1.82) is 0 Å². The molecule has 2 aliphatic rings. The minimum absolute atomic E-state index is 0.161. The standard InChI is InChI=1S/C31H19Cl2N3O4S/c32-19-8-5-18(6-9-19)29-24-12-7-17-3-1-2-4-22(17)28(24)34-31-35(29)30(37)27(41-31)16-21-11-14-26(40-21)23-13-10-20(33)15-25(23)36(38)39/h1-6,8-11,13-16,29H,7,12H2/b27-16+/t29-/m1/s1. The number of hydrogen-bond acceptors (Lipinski definition) is 6. The summed E-state index contributed by atoms with van der Waals surface area (Å²) in [6.45, 7) is 0. The molecule has 0 saturated carbocycles. The number of allylic oxidation sites excluding steroid dienone is 1. The second-order valence-corrected chi connectivity index (χ2v) is 11.7. The number of aromatic nitrogens is 1. The largest absolute Gasteiger partial charge is 0.456 e. The van der Waals surface area contributed by atoms with Gasteiger partial charge in [0.05, 0.1) is 26.8 Å². The highest BCUT2D eigenvalue weighted by molar-refractivity contribution is 7.07. The van der Waals surface area contributed by atoms with Crippen LogP contribution < -0.4 is 14.9 Å². The fraction of sp³-hybridized carbons (Fsp3) is 0.0968. The first-order valence-corrected chi connectivity index (χ1v) is 14.4. The zero-order chi connectivity index (χ0) is 28.2. The zero-order valence-corrected chi connectivity index (χ0v) is 23.5. The van der Waals surface area contributed by atoms with Crippen LogP contribution in [0.25, 0.3) is 23.1 Å². The van der Waals surface area contributed by atoms with E-state index in [1.807, 2.05) is 36.4 Å². The normalized spacial score (nSPS) is 16.1. The molecule has 0 spiro atoms. The summed E-state index contributed by atoms with van der Waals surface area (Å²) >= 11 is 13.5. The van der Waals surface area contributed by atoms with E-state index in [0.29, 0.717) is 31.4 Å². The third kappa shape index (κ3) is 4.44. The number of halogens is 2. The quantitative estimate of drug-likeness (QED) is 0.168. The molecule has 0 N–H and O–H groups in total. The number of nitrogens with zero attached hydrogens (tertiary/aromatic N) is 3. The number of aryl methyl sites for hydroxylation is 1. The minimum atomic E-state index is -0.502. The molecule has 0 bridgehead atoms. The summed E-state index contributed by atoms with van der Waals surface area (Å²) in [5, 5.41) is 12.5. The predicted octanol–water partition coefficient (Wildman–Crippen LogP) is 6.79. The van der Waals surface area contributed by atoms with E-state index in [0.717, 1.165) is 35.2 Å². The van der Waals surface area contributed by atoms with Crippen molar-refractivity contribution in [2.45, 2.75) is 18.9 Å². The fourth-order valence-corrected chi connectivity index (χ4v) is 6.81. The first-order valence-electron chi connectivity index (χ1n) is 12.8. The lowest BCUT2D eigenvalue weighted by Gasteiger charge is -2.30. The number of hydrogen-bond donors (Lipinski definition) is 0. The molecule has 5 aromatic rings. The molecule has 0 amide bonds. The summed E-state index contributed by atoms with van der Waals surface area (Å²) in [7, 11) is 0. The van der Waals surface area contributed by atoms with E-state index in [2.05, 4.69) is 12.1 Å². The van der Waals surface area contributed by atoms with Crippen LogP contribution >= 0.6 is 34.5 Å². The monoisotopic (exact) mass is 599 g/mol. The lowest BCUT2D eigenvalue weighted by Crippen LogP contribution is -2.38. The van der Waals surface area contributed by atoms with Gasteiger partial charge in [0.15, 0.2) is 4.80 Å². The van der Waals surface area contributed by atoms with Crippen molar-refractivity contribution in [3.8, 4) is 11.3 Å². The van der Waals surface area contributed by atoms with Crippen molar-refractivity contribution >= 4 is 52.0 Å². The summed E-state index contributed by atoms with van der Waals surface area (Å²) in [6.07, 6.45) is 3.31. The Morgan fingerprint density at radius 2 is 1.76 bits per heavy atom. The summed E-state index contributed by atoms with van der Waals surface area (Å²) in [6, 6.07) is 23.3. The van der Waals surface area contributed by atoms with Crippen LogP contribution in [0.2, 0.25) is 10.0 Å². The molecular formula is C31H19Cl2N3O4S. The van der Waals surface area contributed by atoms with E-state index in [9.17, 15) is 14.9 Å². The molecule has 10 heteroatoms. The van der Waals surface area contributed by atoms with Crippen LogP contribution in [0.15, 0.2) is 98.6 Å². The molecule has 1 atom stereocenters. The van der Waals surface area contributed by atoms with Gasteiger partial charge in [0, 0.05) is 27.8 Å². The maximum atomic E-state index is 13.9. The van der Waals surface area contributed by atoms with Crippen molar-refractivity contribution in [3.05, 3.63) is 147 Å². The van der Waals surface area contributed by atoms with Crippen molar-refractivity contribution in [3.63, 3.8) is 0 Å². The first kappa shape index (κ1) is 25.7. The number of nitro benzene ring substituents is 1. The van der Waals surface area contributed by atoms with Crippen LogP contribution in [0.4, 0.5) is 5.69 Å². The van der Waals surface area contributed by atoms with Gasteiger partial charge in [0.1, 0.15) is 11.5 Å². The Bertz CT molecular complexity index is 2090. The van der Waals surface area contributed by atoms with E-state index in [-0.39, 0.29) is 22.3 Å². The van der Waals surface area contributed by atoms with Crippen LogP contribution in [0.5, 0.6) is 0 Å². The minimum Gasteiger partial charge on any atom is -0.456 e. The second-order valence-electron chi connectivity index (χ2n) is 9.79. The molecule has 1 aliphatic carbocycles. The van der Waals surface area contributed by atoms with Crippen LogP contribution in [0.1, 0.15) is 34.9 Å². The van der Waals surface area contributed by atoms with E-state index < -0.39 is 4.92 Å². The highest BCUT2D eigenvalue weighted by Crippen LogP contribution is 2.41. The molecule has 0 unspecified atom stereocenters. The van der Waals surface area contributed by atoms with Gasteiger partial charge in [-0.3, -0.25) is 19.5 Å². The Labute approximate surface area is 247 Å². The van der Waals surface area contributed by atoms with E-state index in [4.69, 9.17) is 32.6 Å². The molecule has 1 aliphatic heterocycles. The van der Waals surface area contributed by atoms with Gasteiger partial charge < -0.3 is 4.42 Å². The summed E-state index contributed by atoms with van der Waals surface area (Å²) in [5.74, 6) is 0.699. The molecule has 7 nitrogen and oxygen atoms in total. The predicted molar refractivity (Wildman–Crippen MR) is 160 cm³/mol. The maximum Gasteiger partial charge on any atom is 0.281 e. The Balaban J connectivity index is 1.38. The number of nitro groups is 1. The van der Waals surface area contributed by atoms with Gasteiger partial charge in [0.2, 0.25) is 0 Å². The number of rotatable bonds is 4. The smallest absolute Gasteiger partial charge is 0.281 e. The molecule has 3 aromatic carbocycles.